The summed E-state index contributed by atoms with van der Waals surface area (Å²) in [6, 6.07) is 6.21. The highest BCUT2D eigenvalue weighted by molar-refractivity contribution is 5.96. The largest absolute Gasteiger partial charge is 0.316 e. The number of hydrogen-bond acceptors (Lipinski definition) is 2. The number of piperidine rings is 1. The molecule has 1 aliphatic heterocycles. The van der Waals surface area contributed by atoms with Crippen LogP contribution in [0.5, 0.6) is 0 Å². The second kappa shape index (κ2) is 5.21. The molecule has 1 fully saturated rings. The van der Waals surface area contributed by atoms with Crippen molar-refractivity contribution >= 4 is 5.78 Å². The Morgan fingerprint density at radius 1 is 1.44 bits per heavy atom. The Balaban J connectivity index is 2.00. The monoisotopic (exact) mass is 221 g/mol. The molecule has 86 valence electrons. The second-order valence-electron chi connectivity index (χ2n) is 4.32. The fourth-order valence-electron chi connectivity index (χ4n) is 2.16. The molecule has 0 saturated carbocycles. The number of Topliss-reactive ketones (excluding diaryl/α,β-unsaturated/α-hetero) is 1. The van der Waals surface area contributed by atoms with Gasteiger partial charge in [0.15, 0.2) is 5.78 Å². The Hall–Kier alpha value is -1.22. The van der Waals surface area contributed by atoms with Crippen molar-refractivity contribution in [1.82, 2.24) is 5.32 Å². The Labute approximate surface area is 94.9 Å². The van der Waals surface area contributed by atoms with Crippen LogP contribution in [0.2, 0.25) is 0 Å². The lowest BCUT2D eigenvalue weighted by Gasteiger charge is -2.21. The van der Waals surface area contributed by atoms with Crippen LogP contribution in [0.3, 0.4) is 0 Å². The maximum Gasteiger partial charge on any atom is 0.166 e. The van der Waals surface area contributed by atoms with E-state index in [4.69, 9.17) is 0 Å². The Bertz CT molecular complexity index is 372. The molecule has 0 amide bonds. The average molecular weight is 221 g/mol. The number of carbonyl (C=O) groups is 1. The SMILES string of the molecule is O=C(CC1CCCNC1)c1ccccc1F. The molecule has 0 aliphatic carbocycles. The predicted molar refractivity (Wildman–Crippen MR) is 60.9 cm³/mol. The molecular formula is C13H16FNO. The first-order chi connectivity index (χ1) is 7.77. The maximum atomic E-state index is 13.4. The molecule has 0 spiro atoms. The molecule has 2 nitrogen and oxygen atoms in total. The van der Waals surface area contributed by atoms with Crippen LogP contribution in [0.25, 0.3) is 0 Å². The van der Waals surface area contributed by atoms with Crippen molar-refractivity contribution in [2.24, 2.45) is 5.92 Å². The van der Waals surface area contributed by atoms with Crippen molar-refractivity contribution in [3.63, 3.8) is 0 Å². The molecular weight excluding hydrogens is 205 g/mol. The highest BCUT2D eigenvalue weighted by atomic mass is 19.1. The predicted octanol–water partition coefficient (Wildman–Crippen LogP) is 2.40. The van der Waals surface area contributed by atoms with E-state index in [0.29, 0.717) is 12.3 Å². The first kappa shape index (κ1) is 11.3. The fraction of sp³-hybridized carbons (Fsp3) is 0.462. The number of halogens is 1. The van der Waals surface area contributed by atoms with E-state index in [9.17, 15) is 9.18 Å². The quantitative estimate of drug-likeness (QED) is 0.794. The summed E-state index contributed by atoms with van der Waals surface area (Å²) in [6.07, 6.45) is 2.62. The van der Waals surface area contributed by atoms with Gasteiger partial charge in [0.05, 0.1) is 5.56 Å². The van der Waals surface area contributed by atoms with Gasteiger partial charge < -0.3 is 5.32 Å². The summed E-state index contributed by atoms with van der Waals surface area (Å²) >= 11 is 0. The molecule has 1 unspecified atom stereocenters. The third-order valence-electron chi connectivity index (χ3n) is 3.05. The van der Waals surface area contributed by atoms with E-state index < -0.39 is 5.82 Å². The van der Waals surface area contributed by atoms with E-state index in [1.54, 1.807) is 18.2 Å². The molecule has 0 radical (unpaired) electrons. The highest BCUT2D eigenvalue weighted by Gasteiger charge is 2.19. The molecule has 1 aromatic rings. The summed E-state index contributed by atoms with van der Waals surface area (Å²) in [5, 5.41) is 3.26. The van der Waals surface area contributed by atoms with Crippen LogP contribution in [0, 0.1) is 11.7 Å². The molecule has 3 heteroatoms. The number of carbonyl (C=O) groups excluding carboxylic acids is 1. The molecule has 0 bridgehead atoms. The normalized spacial score (nSPS) is 20.7. The summed E-state index contributed by atoms with van der Waals surface area (Å²) in [4.78, 5) is 11.9. The zero-order valence-electron chi connectivity index (χ0n) is 9.21. The average Bonchev–Trinajstić information content (AvgIpc) is 2.31. The Morgan fingerprint density at radius 3 is 2.94 bits per heavy atom. The van der Waals surface area contributed by atoms with Crippen molar-refractivity contribution in [1.29, 1.82) is 0 Å². The Kier molecular flexibility index (Phi) is 3.67. The zero-order valence-corrected chi connectivity index (χ0v) is 9.21. The van der Waals surface area contributed by atoms with Crippen molar-refractivity contribution in [2.45, 2.75) is 19.3 Å². The van der Waals surface area contributed by atoms with E-state index in [1.807, 2.05) is 0 Å². The number of rotatable bonds is 3. The number of benzene rings is 1. The lowest BCUT2D eigenvalue weighted by Crippen LogP contribution is -2.31. The summed E-state index contributed by atoms with van der Waals surface area (Å²) < 4.78 is 13.4. The van der Waals surface area contributed by atoms with Crippen LogP contribution in [-0.4, -0.2) is 18.9 Å². The van der Waals surface area contributed by atoms with Crippen LogP contribution in [0.4, 0.5) is 4.39 Å². The van der Waals surface area contributed by atoms with E-state index in [2.05, 4.69) is 5.32 Å². The minimum atomic E-state index is -0.406. The van der Waals surface area contributed by atoms with E-state index in [1.165, 1.54) is 6.07 Å². The van der Waals surface area contributed by atoms with Gasteiger partial charge in [-0.15, -0.1) is 0 Å². The smallest absolute Gasteiger partial charge is 0.166 e. The lowest BCUT2D eigenvalue weighted by molar-refractivity contribution is 0.0950. The van der Waals surface area contributed by atoms with Gasteiger partial charge in [0.2, 0.25) is 0 Å². The standard InChI is InChI=1S/C13H16FNO/c14-12-6-2-1-5-11(12)13(16)8-10-4-3-7-15-9-10/h1-2,5-6,10,15H,3-4,7-9H2. The van der Waals surface area contributed by atoms with Gasteiger partial charge in [-0.05, 0) is 44.0 Å². The van der Waals surface area contributed by atoms with Crippen LogP contribution in [0.15, 0.2) is 24.3 Å². The first-order valence-electron chi connectivity index (χ1n) is 5.76. The molecule has 2 rings (SSSR count). The van der Waals surface area contributed by atoms with Gasteiger partial charge in [0, 0.05) is 6.42 Å². The first-order valence-corrected chi connectivity index (χ1v) is 5.76. The van der Waals surface area contributed by atoms with E-state index in [0.717, 1.165) is 25.9 Å². The van der Waals surface area contributed by atoms with Crippen molar-refractivity contribution in [3.05, 3.63) is 35.6 Å². The second-order valence-corrected chi connectivity index (χ2v) is 4.32. The van der Waals surface area contributed by atoms with Gasteiger partial charge in [-0.3, -0.25) is 4.79 Å². The molecule has 16 heavy (non-hydrogen) atoms. The van der Waals surface area contributed by atoms with Gasteiger partial charge >= 0.3 is 0 Å². The topological polar surface area (TPSA) is 29.1 Å². The minimum absolute atomic E-state index is 0.0770. The van der Waals surface area contributed by atoms with Crippen molar-refractivity contribution < 1.29 is 9.18 Å². The fourth-order valence-corrected chi connectivity index (χ4v) is 2.16. The molecule has 1 heterocycles. The third kappa shape index (κ3) is 2.67. The molecule has 1 aromatic carbocycles. The molecule has 1 N–H and O–H groups in total. The molecule has 0 aromatic heterocycles. The summed E-state index contributed by atoms with van der Waals surface area (Å²) in [6.45, 7) is 1.91. The van der Waals surface area contributed by atoms with Gasteiger partial charge in [-0.25, -0.2) is 4.39 Å². The van der Waals surface area contributed by atoms with Crippen LogP contribution >= 0.6 is 0 Å². The molecule has 1 atom stereocenters. The third-order valence-corrected chi connectivity index (χ3v) is 3.05. The van der Waals surface area contributed by atoms with E-state index in [-0.39, 0.29) is 11.3 Å². The maximum absolute atomic E-state index is 13.4. The van der Waals surface area contributed by atoms with Crippen molar-refractivity contribution in [3.8, 4) is 0 Å². The number of nitrogens with one attached hydrogen (secondary N) is 1. The summed E-state index contributed by atoms with van der Waals surface area (Å²) in [7, 11) is 0. The van der Waals surface area contributed by atoms with Crippen LogP contribution < -0.4 is 5.32 Å². The Morgan fingerprint density at radius 2 is 2.25 bits per heavy atom. The summed E-state index contributed by atoms with van der Waals surface area (Å²) in [5.41, 5.74) is 0.230. The molecule has 1 saturated heterocycles. The van der Waals surface area contributed by atoms with E-state index >= 15 is 0 Å². The summed E-state index contributed by atoms with van der Waals surface area (Å²) in [5.74, 6) is -0.121. The van der Waals surface area contributed by atoms with Crippen LogP contribution in [-0.2, 0) is 0 Å². The minimum Gasteiger partial charge on any atom is -0.316 e. The number of ketones is 1. The van der Waals surface area contributed by atoms with Gasteiger partial charge in [-0.1, -0.05) is 12.1 Å². The van der Waals surface area contributed by atoms with Gasteiger partial charge in [0.1, 0.15) is 5.82 Å². The molecule has 1 aliphatic rings. The lowest BCUT2D eigenvalue weighted by atomic mass is 9.92. The zero-order chi connectivity index (χ0) is 11.4. The van der Waals surface area contributed by atoms with Gasteiger partial charge in [0.25, 0.3) is 0 Å². The number of hydrogen-bond donors (Lipinski definition) is 1. The van der Waals surface area contributed by atoms with Crippen LogP contribution in [0.1, 0.15) is 29.6 Å². The highest BCUT2D eigenvalue weighted by Crippen LogP contribution is 2.18. The van der Waals surface area contributed by atoms with Gasteiger partial charge in [-0.2, -0.15) is 0 Å². The van der Waals surface area contributed by atoms with Crippen molar-refractivity contribution in [2.75, 3.05) is 13.1 Å².